The van der Waals surface area contributed by atoms with Crippen LogP contribution in [0, 0.1) is 20.8 Å². The van der Waals surface area contributed by atoms with Crippen LogP contribution in [0.5, 0.6) is 0 Å². The second-order valence-corrected chi connectivity index (χ2v) is 14.2. The van der Waals surface area contributed by atoms with Crippen molar-refractivity contribution in [1.29, 1.82) is 0 Å². The third-order valence-corrected chi connectivity index (χ3v) is 11.1. The summed E-state index contributed by atoms with van der Waals surface area (Å²) in [6, 6.07) is 13.3. The minimum absolute atomic E-state index is 0.138. The molecule has 0 saturated carbocycles. The van der Waals surface area contributed by atoms with Gasteiger partial charge in [-0.15, -0.1) is 0 Å². The second-order valence-electron chi connectivity index (χ2n) is 14.2. The average Bonchev–Trinajstić information content (AvgIpc) is 3.27. The molecule has 2 N–H and O–H groups in total. The molecule has 0 radical (unpaired) electrons. The van der Waals surface area contributed by atoms with Crippen LogP contribution in [0.3, 0.4) is 0 Å². The Hall–Kier alpha value is -3.95. The van der Waals surface area contributed by atoms with E-state index in [9.17, 15) is 14.4 Å². The van der Waals surface area contributed by atoms with Crippen molar-refractivity contribution in [3.05, 3.63) is 80.3 Å². The minimum Gasteiger partial charge on any atom is -0.381 e. The van der Waals surface area contributed by atoms with Crippen LogP contribution in [-0.4, -0.2) is 73.7 Å². The molecule has 4 heterocycles. The number of H-pyrrole nitrogens is 1. The van der Waals surface area contributed by atoms with Crippen molar-refractivity contribution in [1.82, 2.24) is 15.2 Å². The van der Waals surface area contributed by atoms with E-state index in [4.69, 9.17) is 4.74 Å². The Morgan fingerprint density at radius 1 is 1.04 bits per heavy atom. The van der Waals surface area contributed by atoms with Crippen LogP contribution in [-0.2, 0) is 21.5 Å². The van der Waals surface area contributed by atoms with E-state index in [-0.39, 0.29) is 23.9 Å². The third kappa shape index (κ3) is 6.07. The first-order valence-corrected chi connectivity index (χ1v) is 17.6. The number of hydrogen-bond acceptors (Lipinski definition) is 6. The van der Waals surface area contributed by atoms with E-state index in [1.807, 2.05) is 44.9 Å². The number of carbonyl (C=O) groups is 2. The van der Waals surface area contributed by atoms with E-state index >= 15 is 0 Å². The molecule has 1 aromatic heterocycles. The maximum atomic E-state index is 14.0. The van der Waals surface area contributed by atoms with Crippen molar-refractivity contribution in [2.75, 3.05) is 49.7 Å². The lowest BCUT2D eigenvalue weighted by Crippen LogP contribution is -2.49. The SMILES string of the molecule is CCN(c1cc(-c2ccc3c(c2)N(C)C(=O)C32CCN(C(C)C)CC2)cc(C(=O)NCc2c(C)cc(C)[nH]c2=O)c1C)C1CCOCC1. The molecule has 256 valence electrons. The Balaban J connectivity index is 1.39. The highest BCUT2D eigenvalue weighted by Gasteiger charge is 2.51. The molecule has 9 nitrogen and oxygen atoms in total. The van der Waals surface area contributed by atoms with Gasteiger partial charge in [0.05, 0.1) is 5.41 Å². The average molecular weight is 654 g/mol. The van der Waals surface area contributed by atoms with E-state index in [0.717, 1.165) is 103 Å². The summed E-state index contributed by atoms with van der Waals surface area (Å²) in [6.07, 6.45) is 3.49. The number of benzene rings is 2. The van der Waals surface area contributed by atoms with Crippen molar-refractivity contribution in [3.8, 4) is 11.1 Å². The molecule has 1 spiro atoms. The van der Waals surface area contributed by atoms with Crippen LogP contribution in [0.2, 0.25) is 0 Å². The topological polar surface area (TPSA) is 98.0 Å². The summed E-state index contributed by atoms with van der Waals surface area (Å²) in [6.45, 7) is 16.6. The molecule has 2 amide bonds. The monoisotopic (exact) mass is 653 g/mol. The van der Waals surface area contributed by atoms with Gasteiger partial charge >= 0.3 is 0 Å². The lowest BCUT2D eigenvalue weighted by atomic mass is 9.73. The maximum absolute atomic E-state index is 14.0. The number of aromatic nitrogens is 1. The molecule has 0 aliphatic carbocycles. The van der Waals surface area contributed by atoms with E-state index in [1.54, 1.807) is 0 Å². The van der Waals surface area contributed by atoms with Gasteiger partial charge in [0, 0.05) is 73.6 Å². The zero-order chi connectivity index (χ0) is 34.3. The Kier molecular flexibility index (Phi) is 9.55. The highest BCUT2D eigenvalue weighted by atomic mass is 16.5. The number of pyridine rings is 1. The lowest BCUT2D eigenvalue weighted by Gasteiger charge is -2.40. The number of piperidine rings is 1. The van der Waals surface area contributed by atoms with Gasteiger partial charge in [-0.05, 0) is 132 Å². The number of ether oxygens (including phenoxy) is 1. The summed E-state index contributed by atoms with van der Waals surface area (Å²) >= 11 is 0. The summed E-state index contributed by atoms with van der Waals surface area (Å²) in [4.78, 5) is 50.2. The molecule has 9 heteroatoms. The molecule has 3 aromatic rings. The van der Waals surface area contributed by atoms with E-state index in [0.29, 0.717) is 23.2 Å². The molecule has 3 aliphatic rings. The van der Waals surface area contributed by atoms with Gasteiger partial charge in [-0.1, -0.05) is 12.1 Å². The number of hydrogen-bond donors (Lipinski definition) is 2. The molecule has 3 aliphatic heterocycles. The van der Waals surface area contributed by atoms with Gasteiger partial charge in [-0.25, -0.2) is 0 Å². The number of aromatic amines is 1. The van der Waals surface area contributed by atoms with Gasteiger partial charge < -0.3 is 29.7 Å². The summed E-state index contributed by atoms with van der Waals surface area (Å²) in [5.41, 5.74) is 8.01. The fourth-order valence-corrected chi connectivity index (χ4v) is 8.23. The first-order chi connectivity index (χ1) is 22.9. The standard InChI is InChI=1S/C39H51N5O4/c1-8-44(30-11-17-48-18-12-30)34-22-29(20-31(27(34)6)36(45)40-23-32-25(4)19-26(5)41-37(32)46)28-9-10-33-35(21-28)42(7)38(47)39(33)13-15-43(16-14-39)24(2)3/h9-10,19-22,24,30H,8,11-18,23H2,1-7H3,(H,40,45)(H,41,46). The van der Waals surface area contributed by atoms with Crippen LogP contribution >= 0.6 is 0 Å². The van der Waals surface area contributed by atoms with Crippen molar-refractivity contribution >= 4 is 23.2 Å². The highest BCUT2D eigenvalue weighted by molar-refractivity contribution is 6.08. The zero-order valence-corrected chi connectivity index (χ0v) is 29.7. The molecule has 0 unspecified atom stereocenters. The largest absolute Gasteiger partial charge is 0.381 e. The van der Waals surface area contributed by atoms with Crippen LogP contribution in [0.1, 0.15) is 84.8 Å². The first kappa shape index (κ1) is 33.9. The number of fused-ring (bicyclic) bond motifs is 2. The number of likely N-dealkylation sites (N-methyl/N-ethyl adjacent to an activating group) is 1. The van der Waals surface area contributed by atoms with Gasteiger partial charge in [0.25, 0.3) is 11.5 Å². The van der Waals surface area contributed by atoms with Crippen LogP contribution in [0.4, 0.5) is 11.4 Å². The van der Waals surface area contributed by atoms with Crippen LogP contribution in [0.15, 0.2) is 41.2 Å². The summed E-state index contributed by atoms with van der Waals surface area (Å²) in [7, 11) is 1.90. The van der Waals surface area contributed by atoms with Crippen molar-refractivity contribution < 1.29 is 14.3 Å². The second kappa shape index (κ2) is 13.5. The number of rotatable bonds is 8. The number of nitrogens with zero attached hydrogens (tertiary/aromatic N) is 3. The van der Waals surface area contributed by atoms with E-state index < -0.39 is 5.41 Å². The van der Waals surface area contributed by atoms with Crippen molar-refractivity contribution in [2.45, 2.75) is 91.3 Å². The third-order valence-electron chi connectivity index (χ3n) is 11.1. The van der Waals surface area contributed by atoms with E-state index in [1.165, 1.54) is 0 Å². The fraction of sp³-hybridized carbons (Fsp3) is 0.513. The van der Waals surface area contributed by atoms with Crippen LogP contribution in [0.25, 0.3) is 11.1 Å². The molecule has 2 saturated heterocycles. The molecule has 6 rings (SSSR count). The highest BCUT2D eigenvalue weighted by Crippen LogP contribution is 2.49. The predicted molar refractivity (Wildman–Crippen MR) is 192 cm³/mol. The number of amides is 2. The molecule has 2 fully saturated rings. The van der Waals surface area contributed by atoms with Gasteiger partial charge in [0.1, 0.15) is 0 Å². The normalized spacial score (nSPS) is 18.1. The lowest BCUT2D eigenvalue weighted by molar-refractivity contribution is -0.124. The molecular formula is C39H51N5O4. The smallest absolute Gasteiger partial charge is 0.253 e. The number of anilines is 2. The fourth-order valence-electron chi connectivity index (χ4n) is 8.23. The van der Waals surface area contributed by atoms with Gasteiger partial charge in [0.2, 0.25) is 5.91 Å². The van der Waals surface area contributed by atoms with Gasteiger partial charge in [-0.2, -0.15) is 0 Å². The zero-order valence-electron chi connectivity index (χ0n) is 29.7. The molecular weight excluding hydrogens is 602 g/mol. The number of likely N-dealkylation sites (tertiary alicyclic amines) is 1. The van der Waals surface area contributed by atoms with Gasteiger partial charge in [-0.3, -0.25) is 14.4 Å². The van der Waals surface area contributed by atoms with Gasteiger partial charge in [0.15, 0.2) is 0 Å². The Labute approximate surface area is 284 Å². The molecule has 48 heavy (non-hydrogen) atoms. The Morgan fingerprint density at radius 2 is 1.75 bits per heavy atom. The maximum Gasteiger partial charge on any atom is 0.253 e. The van der Waals surface area contributed by atoms with Crippen LogP contribution < -0.4 is 20.7 Å². The Bertz CT molecular complexity index is 1760. The van der Waals surface area contributed by atoms with Crippen molar-refractivity contribution in [3.63, 3.8) is 0 Å². The molecule has 0 atom stereocenters. The predicted octanol–water partition coefficient (Wildman–Crippen LogP) is 5.62. The summed E-state index contributed by atoms with van der Waals surface area (Å²) in [5, 5.41) is 3.05. The minimum atomic E-state index is -0.481. The van der Waals surface area contributed by atoms with E-state index in [2.05, 4.69) is 65.1 Å². The number of nitrogens with one attached hydrogen (secondary N) is 2. The molecule has 0 bridgehead atoms. The Morgan fingerprint density at radius 3 is 2.40 bits per heavy atom. The first-order valence-electron chi connectivity index (χ1n) is 17.6. The quantitative estimate of drug-likeness (QED) is 0.328. The van der Waals surface area contributed by atoms with Crippen molar-refractivity contribution in [2.24, 2.45) is 0 Å². The molecule has 2 aromatic carbocycles. The number of aryl methyl sites for hydroxylation is 2. The number of carbonyl (C=O) groups excluding carboxylic acids is 2. The summed E-state index contributed by atoms with van der Waals surface area (Å²) < 4.78 is 5.69. The summed E-state index contributed by atoms with van der Waals surface area (Å²) in [5.74, 6) is -0.0388.